The molecule has 172 valence electrons. The number of esters is 2. The summed E-state index contributed by atoms with van der Waals surface area (Å²) in [5.41, 5.74) is -0.188. The molecule has 9 heteroatoms. The molecule has 1 heterocycles. The van der Waals surface area contributed by atoms with Gasteiger partial charge in [0.2, 0.25) is 5.75 Å². The molecule has 0 aliphatic heterocycles. The number of carbonyl (C=O) groups is 3. The van der Waals surface area contributed by atoms with Gasteiger partial charge in [-0.1, -0.05) is 25.1 Å². The average Bonchev–Trinajstić information content (AvgIpc) is 2.77. The van der Waals surface area contributed by atoms with E-state index in [1.165, 1.54) is 33.2 Å². The molecule has 0 aliphatic carbocycles. The van der Waals surface area contributed by atoms with Gasteiger partial charge in [0.05, 0.1) is 7.11 Å². The number of pyridine rings is 1. The van der Waals surface area contributed by atoms with E-state index in [9.17, 15) is 14.4 Å². The molecular weight excluding hydrogens is 416 g/mol. The maximum absolute atomic E-state index is 12.7. The first-order valence-corrected chi connectivity index (χ1v) is 10.2. The number of rotatable bonds is 10. The predicted molar refractivity (Wildman–Crippen MR) is 116 cm³/mol. The van der Waals surface area contributed by atoms with Gasteiger partial charge in [0.25, 0.3) is 5.91 Å². The highest BCUT2D eigenvalue weighted by Crippen LogP contribution is 2.29. The molecule has 0 aliphatic rings. The number of nitrogens with one attached hydrogen (secondary N) is 1. The Morgan fingerprint density at radius 3 is 2.38 bits per heavy atom. The van der Waals surface area contributed by atoms with Crippen molar-refractivity contribution >= 4 is 17.8 Å². The highest BCUT2D eigenvalue weighted by molar-refractivity contribution is 5.98. The average molecular weight is 444 g/mol. The number of nitrogens with zero attached hydrogens (tertiary/aromatic N) is 1. The molecule has 1 aromatic carbocycles. The molecular formula is C23H28N2O7. The van der Waals surface area contributed by atoms with Gasteiger partial charge in [-0.15, -0.1) is 0 Å². The van der Waals surface area contributed by atoms with Gasteiger partial charge in [0, 0.05) is 19.2 Å². The van der Waals surface area contributed by atoms with Crippen LogP contribution in [-0.4, -0.2) is 48.2 Å². The van der Waals surface area contributed by atoms with Crippen molar-refractivity contribution in [3.63, 3.8) is 0 Å². The van der Waals surface area contributed by atoms with Gasteiger partial charge in [-0.2, -0.15) is 0 Å². The number of benzene rings is 1. The van der Waals surface area contributed by atoms with Crippen molar-refractivity contribution in [3.8, 4) is 17.2 Å². The minimum Gasteiger partial charge on any atom is -0.493 e. The van der Waals surface area contributed by atoms with Gasteiger partial charge in [0.1, 0.15) is 24.0 Å². The Morgan fingerprint density at radius 2 is 1.78 bits per heavy atom. The lowest BCUT2D eigenvalue weighted by Gasteiger charge is -2.25. The van der Waals surface area contributed by atoms with E-state index in [4.69, 9.17) is 18.9 Å². The van der Waals surface area contributed by atoms with Crippen LogP contribution in [0.3, 0.4) is 0 Å². The molecule has 0 radical (unpaired) electrons. The third kappa shape index (κ3) is 6.69. The highest BCUT2D eigenvalue weighted by Gasteiger charge is 2.28. The number of para-hydroxylation sites is 1. The van der Waals surface area contributed by atoms with Crippen molar-refractivity contribution in [2.24, 2.45) is 0 Å². The first kappa shape index (κ1) is 24.6. The number of hydrogen-bond donors (Lipinski definition) is 1. The number of ether oxygens (including phenoxy) is 4. The monoisotopic (exact) mass is 444 g/mol. The molecule has 9 nitrogen and oxygen atoms in total. The van der Waals surface area contributed by atoms with Crippen LogP contribution in [-0.2, 0) is 14.3 Å². The number of methoxy groups -OCH3 is 1. The molecule has 2 aromatic rings. The van der Waals surface area contributed by atoms with Gasteiger partial charge in [-0.3, -0.25) is 9.59 Å². The fraction of sp³-hybridized carbons (Fsp3) is 0.391. The SMILES string of the molecule is CC[C@H](OC(=O)[C@H](C)NC(=O)c1nccc(OC)c1OC(C)=O)[C@@H](C)Oc1ccccc1. The maximum Gasteiger partial charge on any atom is 0.328 e. The molecule has 0 saturated carbocycles. The molecule has 0 saturated heterocycles. The number of carbonyl (C=O) groups excluding carboxylic acids is 3. The second kappa shape index (κ2) is 11.7. The summed E-state index contributed by atoms with van der Waals surface area (Å²) in [4.78, 5) is 40.7. The molecule has 0 fully saturated rings. The van der Waals surface area contributed by atoms with E-state index in [1.54, 1.807) is 0 Å². The second-order valence-corrected chi connectivity index (χ2v) is 7.00. The van der Waals surface area contributed by atoms with Crippen LogP contribution in [0.2, 0.25) is 0 Å². The minimum absolute atomic E-state index is 0.128. The normalized spacial score (nSPS) is 13.3. The van der Waals surface area contributed by atoms with Crippen molar-refractivity contribution in [2.45, 2.75) is 52.4 Å². The van der Waals surface area contributed by atoms with Crippen LogP contribution in [0.4, 0.5) is 0 Å². The summed E-state index contributed by atoms with van der Waals surface area (Å²) in [6, 6.07) is 9.67. The van der Waals surface area contributed by atoms with E-state index in [-0.39, 0.29) is 17.2 Å². The van der Waals surface area contributed by atoms with Crippen LogP contribution in [0.25, 0.3) is 0 Å². The second-order valence-electron chi connectivity index (χ2n) is 7.00. The quantitative estimate of drug-likeness (QED) is 0.557. The first-order chi connectivity index (χ1) is 15.3. The van der Waals surface area contributed by atoms with Gasteiger partial charge < -0.3 is 24.3 Å². The van der Waals surface area contributed by atoms with Crippen LogP contribution >= 0.6 is 0 Å². The Morgan fingerprint density at radius 1 is 1.09 bits per heavy atom. The molecule has 1 amide bonds. The Hall–Kier alpha value is -3.62. The van der Waals surface area contributed by atoms with Crippen molar-refractivity contribution in [2.75, 3.05) is 7.11 Å². The van der Waals surface area contributed by atoms with Gasteiger partial charge in [0.15, 0.2) is 11.4 Å². The molecule has 2 rings (SSSR count). The smallest absolute Gasteiger partial charge is 0.328 e. The zero-order chi connectivity index (χ0) is 23.7. The lowest BCUT2D eigenvalue weighted by Crippen LogP contribution is -2.43. The van der Waals surface area contributed by atoms with Gasteiger partial charge >= 0.3 is 11.9 Å². The molecule has 1 N–H and O–H groups in total. The van der Waals surface area contributed by atoms with E-state index in [2.05, 4.69) is 10.3 Å². The van der Waals surface area contributed by atoms with Crippen molar-refractivity contribution < 1.29 is 33.3 Å². The summed E-state index contributed by atoms with van der Waals surface area (Å²) >= 11 is 0. The zero-order valence-electron chi connectivity index (χ0n) is 18.8. The van der Waals surface area contributed by atoms with E-state index >= 15 is 0 Å². The summed E-state index contributed by atoms with van der Waals surface area (Å²) < 4.78 is 21.6. The lowest BCUT2D eigenvalue weighted by atomic mass is 10.1. The lowest BCUT2D eigenvalue weighted by molar-refractivity contribution is -0.155. The van der Waals surface area contributed by atoms with Crippen molar-refractivity contribution in [1.82, 2.24) is 10.3 Å². The summed E-state index contributed by atoms with van der Waals surface area (Å²) in [6.45, 7) is 6.36. The molecule has 3 atom stereocenters. The Bertz CT molecular complexity index is 933. The van der Waals surface area contributed by atoms with E-state index in [0.29, 0.717) is 12.2 Å². The zero-order valence-corrected chi connectivity index (χ0v) is 18.8. The van der Waals surface area contributed by atoms with Crippen LogP contribution in [0, 0.1) is 0 Å². The summed E-state index contributed by atoms with van der Waals surface area (Å²) in [5, 5.41) is 2.52. The van der Waals surface area contributed by atoms with Crippen LogP contribution in [0.15, 0.2) is 42.6 Å². The summed E-state index contributed by atoms with van der Waals surface area (Å²) in [5.74, 6) is -1.30. The number of hydrogen-bond acceptors (Lipinski definition) is 8. The van der Waals surface area contributed by atoms with Crippen molar-refractivity contribution in [3.05, 3.63) is 48.3 Å². The number of aromatic nitrogens is 1. The molecule has 1 aromatic heterocycles. The molecule has 32 heavy (non-hydrogen) atoms. The topological polar surface area (TPSA) is 113 Å². The maximum atomic E-state index is 12.7. The minimum atomic E-state index is -0.987. The third-order valence-corrected chi connectivity index (χ3v) is 4.51. The fourth-order valence-electron chi connectivity index (χ4n) is 2.87. The van der Waals surface area contributed by atoms with Gasteiger partial charge in [-0.05, 0) is 32.4 Å². The van der Waals surface area contributed by atoms with Crippen LogP contribution in [0.1, 0.15) is 44.6 Å². The number of amides is 1. The van der Waals surface area contributed by atoms with E-state index < -0.39 is 36.1 Å². The predicted octanol–water partition coefficient (Wildman–Crippen LogP) is 2.92. The van der Waals surface area contributed by atoms with E-state index in [0.717, 1.165) is 0 Å². The van der Waals surface area contributed by atoms with Crippen LogP contribution in [0.5, 0.6) is 17.2 Å². The van der Waals surface area contributed by atoms with E-state index in [1.807, 2.05) is 44.2 Å². The Labute approximate surface area is 187 Å². The largest absolute Gasteiger partial charge is 0.493 e. The van der Waals surface area contributed by atoms with Crippen molar-refractivity contribution in [1.29, 1.82) is 0 Å². The molecule has 0 unspecified atom stereocenters. The summed E-state index contributed by atoms with van der Waals surface area (Å²) in [7, 11) is 1.37. The standard InChI is InChI=1S/C23H28N2O7/c1-6-18(15(3)30-17-10-8-7-9-11-17)32-23(28)14(2)25-22(27)20-21(31-16(4)26)19(29-5)12-13-24-20/h7-15,18H,6H2,1-5H3,(H,25,27)/t14-,15+,18-/m0/s1. The highest BCUT2D eigenvalue weighted by atomic mass is 16.6. The Balaban J connectivity index is 2.05. The molecule has 0 spiro atoms. The first-order valence-electron chi connectivity index (χ1n) is 10.2. The molecule has 0 bridgehead atoms. The van der Waals surface area contributed by atoms with Crippen LogP contribution < -0.4 is 19.5 Å². The van der Waals surface area contributed by atoms with Gasteiger partial charge in [-0.25, -0.2) is 9.78 Å². The Kier molecular flexibility index (Phi) is 9.00. The fourth-order valence-corrected chi connectivity index (χ4v) is 2.87. The third-order valence-electron chi connectivity index (χ3n) is 4.51. The summed E-state index contributed by atoms with van der Waals surface area (Å²) in [6.07, 6.45) is 0.937.